The summed E-state index contributed by atoms with van der Waals surface area (Å²) in [5.41, 5.74) is 1.08. The van der Waals surface area contributed by atoms with Gasteiger partial charge in [0.1, 0.15) is 0 Å². The lowest BCUT2D eigenvalue weighted by Gasteiger charge is -2.28. The molecule has 21 heavy (non-hydrogen) atoms. The van der Waals surface area contributed by atoms with Crippen molar-refractivity contribution in [3.8, 4) is 0 Å². The van der Waals surface area contributed by atoms with Crippen LogP contribution in [0, 0.1) is 0 Å². The molecule has 1 aliphatic rings. The van der Waals surface area contributed by atoms with E-state index in [2.05, 4.69) is 45.5 Å². The molecule has 0 bridgehead atoms. The van der Waals surface area contributed by atoms with Crippen LogP contribution in [0.1, 0.15) is 31.2 Å². The second kappa shape index (κ2) is 6.18. The lowest BCUT2D eigenvalue weighted by Crippen LogP contribution is -2.48. The number of carbonyl (C=O) groups is 1. The molecule has 2 aromatic carbocycles. The largest absolute Gasteiger partial charge is 0.350 e. The van der Waals surface area contributed by atoms with E-state index in [0.717, 1.165) is 23.7 Å². The minimum Gasteiger partial charge on any atom is -0.350 e. The standard InChI is InChI=1S/C18H20BrNO/c19-13-18(10-3-4-11-18)20-17(21)12-15-8-5-7-14-6-1-2-9-16(14)15/h1-2,5-9H,3-4,10-13H2,(H,20,21). The highest BCUT2D eigenvalue weighted by atomic mass is 79.9. The van der Waals surface area contributed by atoms with Gasteiger partial charge in [-0.25, -0.2) is 0 Å². The van der Waals surface area contributed by atoms with Gasteiger partial charge in [0, 0.05) is 10.9 Å². The van der Waals surface area contributed by atoms with Crippen LogP contribution in [-0.4, -0.2) is 16.8 Å². The van der Waals surface area contributed by atoms with Crippen molar-refractivity contribution in [1.29, 1.82) is 0 Å². The Labute approximate surface area is 134 Å². The smallest absolute Gasteiger partial charge is 0.224 e. The minimum absolute atomic E-state index is 0.0261. The maximum Gasteiger partial charge on any atom is 0.224 e. The van der Waals surface area contributed by atoms with Crippen molar-refractivity contribution in [2.24, 2.45) is 0 Å². The van der Waals surface area contributed by atoms with E-state index in [1.807, 2.05) is 18.2 Å². The Kier molecular flexibility index (Phi) is 4.29. The molecule has 0 aromatic heterocycles. The fourth-order valence-electron chi connectivity index (χ4n) is 3.30. The van der Waals surface area contributed by atoms with Crippen LogP contribution in [0.5, 0.6) is 0 Å². The van der Waals surface area contributed by atoms with Gasteiger partial charge in [-0.3, -0.25) is 4.79 Å². The van der Waals surface area contributed by atoms with E-state index >= 15 is 0 Å². The predicted molar refractivity (Wildman–Crippen MR) is 90.8 cm³/mol. The molecular weight excluding hydrogens is 326 g/mol. The molecule has 0 atom stereocenters. The molecule has 0 aliphatic heterocycles. The van der Waals surface area contributed by atoms with Crippen molar-refractivity contribution in [3.63, 3.8) is 0 Å². The number of amides is 1. The third-order valence-electron chi connectivity index (χ3n) is 4.45. The molecule has 1 saturated carbocycles. The van der Waals surface area contributed by atoms with Gasteiger partial charge in [0.2, 0.25) is 5.91 Å². The van der Waals surface area contributed by atoms with Gasteiger partial charge < -0.3 is 5.32 Å². The summed E-state index contributed by atoms with van der Waals surface area (Å²) in [6.45, 7) is 0. The van der Waals surface area contributed by atoms with Gasteiger partial charge in [-0.1, -0.05) is 71.2 Å². The Morgan fingerprint density at radius 3 is 2.57 bits per heavy atom. The van der Waals surface area contributed by atoms with E-state index in [4.69, 9.17) is 0 Å². The van der Waals surface area contributed by atoms with Crippen LogP contribution in [0.15, 0.2) is 42.5 Å². The van der Waals surface area contributed by atoms with Crippen molar-refractivity contribution in [2.45, 2.75) is 37.6 Å². The van der Waals surface area contributed by atoms with Crippen LogP contribution in [0.3, 0.4) is 0 Å². The van der Waals surface area contributed by atoms with Crippen molar-refractivity contribution in [3.05, 3.63) is 48.0 Å². The van der Waals surface area contributed by atoms with Gasteiger partial charge in [0.15, 0.2) is 0 Å². The van der Waals surface area contributed by atoms with Crippen molar-refractivity contribution in [1.82, 2.24) is 5.32 Å². The van der Waals surface area contributed by atoms with Crippen molar-refractivity contribution in [2.75, 3.05) is 5.33 Å². The molecule has 0 spiro atoms. The highest BCUT2D eigenvalue weighted by Crippen LogP contribution is 2.31. The number of fused-ring (bicyclic) bond motifs is 1. The Bertz CT molecular complexity index is 641. The maximum absolute atomic E-state index is 12.4. The molecule has 3 rings (SSSR count). The predicted octanol–water partition coefficient (Wildman–Crippen LogP) is 4.21. The van der Waals surface area contributed by atoms with Crippen LogP contribution in [-0.2, 0) is 11.2 Å². The van der Waals surface area contributed by atoms with E-state index in [0.29, 0.717) is 6.42 Å². The average Bonchev–Trinajstić information content (AvgIpc) is 2.96. The normalized spacial score (nSPS) is 17.0. The van der Waals surface area contributed by atoms with Gasteiger partial charge in [0.25, 0.3) is 0 Å². The number of carbonyl (C=O) groups excluding carboxylic acids is 1. The third kappa shape index (κ3) is 3.13. The van der Waals surface area contributed by atoms with E-state index in [9.17, 15) is 4.79 Å². The molecule has 0 heterocycles. The Hall–Kier alpha value is -1.35. The zero-order valence-electron chi connectivity index (χ0n) is 12.1. The summed E-state index contributed by atoms with van der Waals surface area (Å²) in [5, 5.41) is 6.49. The van der Waals surface area contributed by atoms with Crippen molar-refractivity contribution < 1.29 is 4.79 Å². The molecule has 1 N–H and O–H groups in total. The number of hydrogen-bond acceptors (Lipinski definition) is 1. The molecule has 0 unspecified atom stereocenters. The zero-order valence-corrected chi connectivity index (χ0v) is 13.7. The fourth-order valence-corrected chi connectivity index (χ4v) is 4.00. The summed E-state index contributed by atoms with van der Waals surface area (Å²) in [7, 11) is 0. The van der Waals surface area contributed by atoms with Crippen LogP contribution < -0.4 is 5.32 Å². The summed E-state index contributed by atoms with van der Waals surface area (Å²) in [6.07, 6.45) is 5.04. The first kappa shape index (κ1) is 14.6. The molecule has 1 amide bonds. The number of halogens is 1. The molecule has 1 fully saturated rings. The Balaban J connectivity index is 1.77. The van der Waals surface area contributed by atoms with Crippen LogP contribution in [0.2, 0.25) is 0 Å². The van der Waals surface area contributed by atoms with E-state index < -0.39 is 0 Å². The third-order valence-corrected chi connectivity index (χ3v) is 5.53. The van der Waals surface area contributed by atoms with Crippen LogP contribution in [0.25, 0.3) is 10.8 Å². The molecule has 3 heteroatoms. The highest BCUT2D eigenvalue weighted by molar-refractivity contribution is 9.09. The summed E-state index contributed by atoms with van der Waals surface area (Å²) < 4.78 is 0. The van der Waals surface area contributed by atoms with Gasteiger partial charge in [-0.05, 0) is 29.2 Å². The first-order chi connectivity index (χ1) is 10.2. The number of nitrogens with one attached hydrogen (secondary N) is 1. The number of rotatable bonds is 4. The molecular formula is C18H20BrNO. The van der Waals surface area contributed by atoms with E-state index in [1.54, 1.807) is 0 Å². The number of hydrogen-bond donors (Lipinski definition) is 1. The first-order valence-corrected chi connectivity index (χ1v) is 8.68. The maximum atomic E-state index is 12.4. The number of alkyl halides is 1. The molecule has 1 aliphatic carbocycles. The van der Waals surface area contributed by atoms with Gasteiger partial charge in [0.05, 0.1) is 6.42 Å². The fraction of sp³-hybridized carbons (Fsp3) is 0.389. The SMILES string of the molecule is O=C(Cc1cccc2ccccc12)NC1(CBr)CCCC1. The summed E-state index contributed by atoms with van der Waals surface area (Å²) in [6, 6.07) is 14.4. The monoisotopic (exact) mass is 345 g/mol. The van der Waals surface area contributed by atoms with Gasteiger partial charge >= 0.3 is 0 Å². The topological polar surface area (TPSA) is 29.1 Å². The molecule has 0 saturated heterocycles. The molecule has 0 radical (unpaired) electrons. The van der Waals surface area contributed by atoms with Crippen LogP contribution >= 0.6 is 15.9 Å². The van der Waals surface area contributed by atoms with Crippen LogP contribution in [0.4, 0.5) is 0 Å². The molecule has 2 nitrogen and oxygen atoms in total. The summed E-state index contributed by atoms with van der Waals surface area (Å²) in [4.78, 5) is 12.4. The van der Waals surface area contributed by atoms with E-state index in [1.165, 1.54) is 23.6 Å². The Morgan fingerprint density at radius 2 is 1.81 bits per heavy atom. The Morgan fingerprint density at radius 1 is 1.10 bits per heavy atom. The number of benzene rings is 2. The molecule has 2 aromatic rings. The quantitative estimate of drug-likeness (QED) is 0.826. The highest BCUT2D eigenvalue weighted by Gasteiger charge is 2.34. The van der Waals surface area contributed by atoms with E-state index in [-0.39, 0.29) is 11.4 Å². The second-order valence-electron chi connectivity index (χ2n) is 5.98. The van der Waals surface area contributed by atoms with Gasteiger partial charge in [-0.2, -0.15) is 0 Å². The average molecular weight is 346 g/mol. The molecule has 110 valence electrons. The lowest BCUT2D eigenvalue weighted by atomic mass is 9.98. The lowest BCUT2D eigenvalue weighted by molar-refractivity contribution is -0.122. The zero-order chi connectivity index (χ0) is 14.7. The first-order valence-electron chi connectivity index (χ1n) is 7.56. The van der Waals surface area contributed by atoms with Crippen molar-refractivity contribution >= 4 is 32.6 Å². The minimum atomic E-state index is -0.0261. The summed E-state index contributed by atoms with van der Waals surface area (Å²) >= 11 is 3.57. The summed E-state index contributed by atoms with van der Waals surface area (Å²) in [5.74, 6) is 0.132. The van der Waals surface area contributed by atoms with Gasteiger partial charge in [-0.15, -0.1) is 0 Å². The second-order valence-corrected chi connectivity index (χ2v) is 6.55.